The van der Waals surface area contributed by atoms with Crippen molar-refractivity contribution in [3.05, 3.63) is 44.9 Å². The molecule has 1 aromatic carbocycles. The molecular weight excluding hydrogens is 301 g/mol. The van der Waals surface area contributed by atoms with Gasteiger partial charge in [0.25, 0.3) is 0 Å². The molecule has 1 aromatic heterocycles. The van der Waals surface area contributed by atoms with Gasteiger partial charge in [-0.2, -0.15) is 0 Å². The summed E-state index contributed by atoms with van der Waals surface area (Å²) in [5.74, 6) is 0. The van der Waals surface area contributed by atoms with Gasteiger partial charge in [0.1, 0.15) is 0 Å². The fourth-order valence-electron chi connectivity index (χ4n) is 1.86. The molecule has 1 N–H and O–H groups in total. The molecule has 2 aromatic rings. The summed E-state index contributed by atoms with van der Waals surface area (Å²) in [6.07, 6.45) is 1.77. The first-order chi connectivity index (χ1) is 9.22. The second-order valence-electron chi connectivity index (χ2n) is 4.24. The minimum absolute atomic E-state index is 0.0936. The van der Waals surface area contributed by atoms with Gasteiger partial charge in [0.15, 0.2) is 0 Å². The largest absolute Gasteiger partial charge is 0.308 e. The maximum absolute atomic E-state index is 6.22. The van der Waals surface area contributed by atoms with Crippen LogP contribution < -0.4 is 5.32 Å². The zero-order chi connectivity index (χ0) is 13.7. The van der Waals surface area contributed by atoms with Crippen molar-refractivity contribution in [1.29, 1.82) is 0 Å². The van der Waals surface area contributed by atoms with Gasteiger partial charge >= 0.3 is 0 Å². The Morgan fingerprint density at radius 2 is 2.05 bits per heavy atom. The predicted octanol–water partition coefficient (Wildman–Crippen LogP) is 4.13. The van der Waals surface area contributed by atoms with E-state index in [0.29, 0.717) is 16.5 Å². The molecule has 2 rings (SSSR count). The van der Waals surface area contributed by atoms with Crippen LogP contribution in [-0.2, 0) is 6.42 Å². The normalized spacial score (nSPS) is 12.6. The van der Waals surface area contributed by atoms with E-state index >= 15 is 0 Å². The highest BCUT2D eigenvalue weighted by Crippen LogP contribution is 2.29. The topological polar surface area (TPSA) is 37.8 Å². The van der Waals surface area contributed by atoms with Gasteiger partial charge in [-0.1, -0.05) is 40.7 Å². The zero-order valence-electron chi connectivity index (χ0n) is 10.6. The monoisotopic (exact) mass is 315 g/mol. The molecule has 0 fully saturated rings. The third-order valence-electron chi connectivity index (χ3n) is 2.84. The minimum atomic E-state index is 0.0936. The van der Waals surface area contributed by atoms with E-state index in [0.717, 1.165) is 24.2 Å². The lowest BCUT2D eigenvalue weighted by Gasteiger charge is -2.17. The first kappa shape index (κ1) is 14.7. The maximum Gasteiger partial charge on any atom is 0.0928 e. The van der Waals surface area contributed by atoms with Crippen LogP contribution in [0.2, 0.25) is 10.0 Å². The van der Waals surface area contributed by atoms with Gasteiger partial charge in [-0.15, -0.1) is 5.10 Å². The fraction of sp³-hybridized carbons (Fsp3) is 0.385. The van der Waals surface area contributed by atoms with Crippen molar-refractivity contribution in [3.8, 4) is 0 Å². The van der Waals surface area contributed by atoms with E-state index in [1.54, 1.807) is 0 Å². The number of nitrogens with zero attached hydrogens (tertiary/aromatic N) is 2. The van der Waals surface area contributed by atoms with Gasteiger partial charge in [0, 0.05) is 15.4 Å². The molecule has 102 valence electrons. The predicted molar refractivity (Wildman–Crippen MR) is 81.1 cm³/mol. The van der Waals surface area contributed by atoms with Crippen molar-refractivity contribution in [2.75, 3.05) is 6.54 Å². The number of aromatic nitrogens is 2. The SMILES string of the molecule is CCCNC(Cc1c(Cl)cccc1Cl)c1csnn1. The highest BCUT2D eigenvalue weighted by molar-refractivity contribution is 7.03. The van der Waals surface area contributed by atoms with Crippen LogP contribution >= 0.6 is 34.7 Å². The summed E-state index contributed by atoms with van der Waals surface area (Å²) in [4.78, 5) is 0. The molecule has 6 heteroatoms. The highest BCUT2D eigenvalue weighted by Gasteiger charge is 2.17. The lowest BCUT2D eigenvalue weighted by molar-refractivity contribution is 0.517. The molecule has 0 aliphatic heterocycles. The van der Waals surface area contributed by atoms with E-state index < -0.39 is 0 Å². The molecule has 3 nitrogen and oxygen atoms in total. The first-order valence-corrected chi connectivity index (χ1v) is 7.74. The Hall–Kier alpha value is -0.680. The molecule has 0 bridgehead atoms. The number of hydrogen-bond donors (Lipinski definition) is 1. The quantitative estimate of drug-likeness (QED) is 0.871. The maximum atomic E-state index is 6.22. The van der Waals surface area contributed by atoms with Crippen molar-refractivity contribution in [3.63, 3.8) is 0 Å². The van der Waals surface area contributed by atoms with Crippen LogP contribution in [0.5, 0.6) is 0 Å². The number of nitrogens with one attached hydrogen (secondary N) is 1. The van der Waals surface area contributed by atoms with Crippen LogP contribution in [0.3, 0.4) is 0 Å². The number of hydrogen-bond acceptors (Lipinski definition) is 4. The Morgan fingerprint density at radius 3 is 2.63 bits per heavy atom. The number of rotatable bonds is 6. The van der Waals surface area contributed by atoms with Crippen molar-refractivity contribution in [2.45, 2.75) is 25.8 Å². The highest BCUT2D eigenvalue weighted by atomic mass is 35.5. The molecule has 1 heterocycles. The van der Waals surface area contributed by atoms with Gasteiger partial charge in [-0.3, -0.25) is 0 Å². The van der Waals surface area contributed by atoms with Crippen molar-refractivity contribution < 1.29 is 0 Å². The van der Waals surface area contributed by atoms with E-state index in [1.165, 1.54) is 11.5 Å². The van der Waals surface area contributed by atoms with E-state index in [4.69, 9.17) is 23.2 Å². The second-order valence-corrected chi connectivity index (χ2v) is 5.67. The number of halogens is 2. The minimum Gasteiger partial charge on any atom is -0.308 e. The molecule has 0 amide bonds. The van der Waals surface area contributed by atoms with Crippen LogP contribution in [-0.4, -0.2) is 16.1 Å². The summed E-state index contributed by atoms with van der Waals surface area (Å²) in [7, 11) is 0. The molecule has 0 aliphatic carbocycles. The standard InChI is InChI=1S/C13H15Cl2N3S/c1-2-6-16-12(13-8-19-18-17-13)7-9-10(14)4-3-5-11(9)15/h3-5,8,12,16H,2,6-7H2,1H3. The van der Waals surface area contributed by atoms with E-state index in [2.05, 4.69) is 21.8 Å². The lowest BCUT2D eigenvalue weighted by Crippen LogP contribution is -2.24. The third-order valence-corrected chi connectivity index (χ3v) is 4.08. The second kappa shape index (κ2) is 7.20. The van der Waals surface area contributed by atoms with Crippen LogP contribution in [0.15, 0.2) is 23.6 Å². The molecule has 0 radical (unpaired) electrons. The molecule has 0 spiro atoms. The van der Waals surface area contributed by atoms with Crippen molar-refractivity contribution in [2.24, 2.45) is 0 Å². The van der Waals surface area contributed by atoms with Gasteiger partial charge in [0.05, 0.1) is 11.7 Å². The van der Waals surface area contributed by atoms with Crippen LogP contribution in [0, 0.1) is 0 Å². The van der Waals surface area contributed by atoms with E-state index in [-0.39, 0.29) is 6.04 Å². The molecule has 19 heavy (non-hydrogen) atoms. The summed E-state index contributed by atoms with van der Waals surface area (Å²) >= 11 is 13.8. The molecule has 0 saturated carbocycles. The summed E-state index contributed by atoms with van der Waals surface area (Å²) in [6.45, 7) is 3.05. The summed E-state index contributed by atoms with van der Waals surface area (Å²) in [5, 5.41) is 10.9. The first-order valence-electron chi connectivity index (χ1n) is 6.15. The summed E-state index contributed by atoms with van der Waals surface area (Å²) in [6, 6.07) is 5.67. The zero-order valence-corrected chi connectivity index (χ0v) is 12.9. The summed E-state index contributed by atoms with van der Waals surface area (Å²) < 4.78 is 3.92. The Labute approximate surface area is 127 Å². The van der Waals surface area contributed by atoms with Crippen molar-refractivity contribution >= 4 is 34.7 Å². The molecule has 0 aliphatic rings. The average Bonchev–Trinajstić information content (AvgIpc) is 2.91. The van der Waals surface area contributed by atoms with Gasteiger partial charge in [-0.05, 0) is 48.6 Å². The van der Waals surface area contributed by atoms with Gasteiger partial charge < -0.3 is 5.32 Å². The Kier molecular flexibility index (Phi) is 5.58. The van der Waals surface area contributed by atoms with Crippen molar-refractivity contribution in [1.82, 2.24) is 14.9 Å². The number of benzene rings is 1. The Morgan fingerprint density at radius 1 is 1.32 bits per heavy atom. The van der Waals surface area contributed by atoms with E-state index in [9.17, 15) is 0 Å². The molecule has 1 unspecified atom stereocenters. The van der Waals surface area contributed by atoms with E-state index in [1.807, 2.05) is 23.6 Å². The Balaban J connectivity index is 2.20. The van der Waals surface area contributed by atoms with Crippen LogP contribution in [0.4, 0.5) is 0 Å². The Bertz CT molecular complexity index is 496. The lowest BCUT2D eigenvalue weighted by atomic mass is 10.0. The van der Waals surface area contributed by atoms with Crippen LogP contribution in [0.1, 0.15) is 30.6 Å². The third kappa shape index (κ3) is 3.89. The summed E-state index contributed by atoms with van der Waals surface area (Å²) in [5.41, 5.74) is 1.89. The van der Waals surface area contributed by atoms with Gasteiger partial charge in [0.2, 0.25) is 0 Å². The molecule has 0 saturated heterocycles. The van der Waals surface area contributed by atoms with Crippen LogP contribution in [0.25, 0.3) is 0 Å². The smallest absolute Gasteiger partial charge is 0.0928 e. The average molecular weight is 316 g/mol. The molecular formula is C13H15Cl2N3S. The molecule has 1 atom stereocenters. The van der Waals surface area contributed by atoms with Gasteiger partial charge in [-0.25, -0.2) is 0 Å². The fourth-order valence-corrected chi connectivity index (χ4v) is 2.91.